The van der Waals surface area contributed by atoms with E-state index in [9.17, 15) is 9.90 Å². The maximum absolute atomic E-state index is 11.9. The summed E-state index contributed by atoms with van der Waals surface area (Å²) < 4.78 is 10.8. The highest BCUT2D eigenvalue weighted by atomic mass is 16.6. The zero-order valence-electron chi connectivity index (χ0n) is 21.1. The number of anilines is 1. The topological polar surface area (TPSA) is 67.8 Å². The lowest BCUT2D eigenvalue weighted by Gasteiger charge is -2.16. The van der Waals surface area contributed by atoms with Crippen molar-refractivity contribution < 1.29 is 19.4 Å². The van der Waals surface area contributed by atoms with Crippen molar-refractivity contribution in [3.63, 3.8) is 0 Å². The van der Waals surface area contributed by atoms with Gasteiger partial charge in [0.15, 0.2) is 0 Å². The van der Waals surface area contributed by atoms with Gasteiger partial charge in [0.05, 0.1) is 13.2 Å². The van der Waals surface area contributed by atoms with Crippen LogP contribution in [0, 0.1) is 0 Å². The molecule has 5 nitrogen and oxygen atoms in total. The van der Waals surface area contributed by atoms with Crippen molar-refractivity contribution in [3.8, 4) is 0 Å². The average Bonchev–Trinajstić information content (AvgIpc) is 2.83. The van der Waals surface area contributed by atoms with E-state index in [2.05, 4.69) is 12.2 Å². The number of benzene rings is 1. The van der Waals surface area contributed by atoms with Crippen LogP contribution in [0.3, 0.4) is 0 Å². The van der Waals surface area contributed by atoms with Crippen molar-refractivity contribution in [2.45, 2.75) is 116 Å². The highest BCUT2D eigenvalue weighted by Gasteiger charge is 2.13. The zero-order chi connectivity index (χ0) is 23.8. The Morgan fingerprint density at radius 1 is 0.788 bits per heavy atom. The van der Waals surface area contributed by atoms with E-state index in [-0.39, 0.29) is 13.2 Å². The number of amides is 1. The Bertz CT molecular complexity index is 552. The number of unbranched alkanes of at least 4 members (excludes halogenated alkanes) is 15. The molecule has 0 aromatic heterocycles. The summed E-state index contributed by atoms with van der Waals surface area (Å²) in [7, 11) is 0. The van der Waals surface area contributed by atoms with Gasteiger partial charge in [0.1, 0.15) is 6.10 Å². The molecule has 0 aliphatic carbocycles. The van der Waals surface area contributed by atoms with Gasteiger partial charge < -0.3 is 14.6 Å². The lowest BCUT2D eigenvalue weighted by atomic mass is 10.0. The third kappa shape index (κ3) is 18.5. The number of carbonyl (C=O) groups excluding carboxylic acids is 1. The molecule has 1 aromatic rings. The molecule has 1 amide bonds. The number of para-hydroxylation sites is 1. The summed E-state index contributed by atoms with van der Waals surface area (Å²) >= 11 is 0. The van der Waals surface area contributed by atoms with Crippen molar-refractivity contribution in [1.29, 1.82) is 0 Å². The maximum atomic E-state index is 11.9. The standard InChI is InChI=1S/C28H49NO4/c1-2-3-4-5-6-7-8-9-10-11-12-13-14-15-16-20-23-32-25-27(24-30)33-28(31)29-26-21-18-17-19-22-26/h17-19,21-22,27,30H,2-16,20,23-25H2,1H3,(H,29,31). The molecule has 2 N–H and O–H groups in total. The number of hydrogen-bond acceptors (Lipinski definition) is 4. The first-order valence-corrected chi connectivity index (χ1v) is 13.5. The van der Waals surface area contributed by atoms with E-state index < -0.39 is 12.2 Å². The second kappa shape index (κ2) is 22.2. The number of hydrogen-bond donors (Lipinski definition) is 2. The monoisotopic (exact) mass is 463 g/mol. The summed E-state index contributed by atoms with van der Waals surface area (Å²) in [5, 5.41) is 12.0. The van der Waals surface area contributed by atoms with Gasteiger partial charge in [-0.25, -0.2) is 4.79 Å². The van der Waals surface area contributed by atoms with Gasteiger partial charge in [-0.1, -0.05) is 121 Å². The second-order valence-electron chi connectivity index (χ2n) is 9.08. The van der Waals surface area contributed by atoms with E-state index >= 15 is 0 Å². The molecule has 0 bridgehead atoms. The fourth-order valence-corrected chi connectivity index (χ4v) is 3.91. The molecule has 0 aliphatic heterocycles. The zero-order valence-corrected chi connectivity index (χ0v) is 21.1. The quantitative estimate of drug-likeness (QED) is 0.172. The number of carbonyl (C=O) groups is 1. The van der Waals surface area contributed by atoms with Crippen LogP contribution in [0.2, 0.25) is 0 Å². The van der Waals surface area contributed by atoms with Gasteiger partial charge in [0.25, 0.3) is 0 Å². The van der Waals surface area contributed by atoms with Crippen LogP contribution < -0.4 is 5.32 Å². The van der Waals surface area contributed by atoms with Crippen molar-refractivity contribution >= 4 is 11.8 Å². The van der Waals surface area contributed by atoms with Crippen LogP contribution in [0.4, 0.5) is 10.5 Å². The fraction of sp³-hybridized carbons (Fsp3) is 0.750. The summed E-state index contributed by atoms with van der Waals surface area (Å²) in [4.78, 5) is 11.9. The highest BCUT2D eigenvalue weighted by Crippen LogP contribution is 2.14. The van der Waals surface area contributed by atoms with E-state index in [1.54, 1.807) is 12.1 Å². The van der Waals surface area contributed by atoms with Crippen LogP contribution in [-0.2, 0) is 9.47 Å². The summed E-state index contributed by atoms with van der Waals surface area (Å²) in [5.41, 5.74) is 0.660. The summed E-state index contributed by atoms with van der Waals surface area (Å²) in [5.74, 6) is 0. The van der Waals surface area contributed by atoms with Crippen molar-refractivity contribution in [2.24, 2.45) is 0 Å². The Kier molecular flexibility index (Phi) is 19.8. The molecule has 1 atom stereocenters. The molecule has 33 heavy (non-hydrogen) atoms. The molecule has 1 unspecified atom stereocenters. The Morgan fingerprint density at radius 3 is 1.76 bits per heavy atom. The number of rotatable bonds is 22. The van der Waals surface area contributed by atoms with E-state index in [4.69, 9.17) is 9.47 Å². The third-order valence-corrected chi connectivity index (χ3v) is 5.94. The Hall–Kier alpha value is -1.59. The molecular formula is C28H49NO4. The molecule has 1 aromatic carbocycles. The van der Waals surface area contributed by atoms with E-state index in [0.29, 0.717) is 12.3 Å². The van der Waals surface area contributed by atoms with Gasteiger partial charge in [0.2, 0.25) is 0 Å². The average molecular weight is 464 g/mol. The smallest absolute Gasteiger partial charge is 0.412 e. The normalized spacial score (nSPS) is 11.9. The van der Waals surface area contributed by atoms with Gasteiger partial charge in [-0.3, -0.25) is 5.32 Å². The molecule has 0 saturated carbocycles. The summed E-state index contributed by atoms with van der Waals surface area (Å²) in [6, 6.07) is 9.10. The van der Waals surface area contributed by atoms with Crippen LogP contribution in [0.1, 0.15) is 110 Å². The molecule has 1 rings (SSSR count). The largest absolute Gasteiger partial charge is 0.441 e. The predicted molar refractivity (Wildman–Crippen MR) is 138 cm³/mol. The Labute approximate surface area is 202 Å². The summed E-state index contributed by atoms with van der Waals surface area (Å²) in [6.07, 6.45) is 20.3. The lowest BCUT2D eigenvalue weighted by molar-refractivity contribution is -0.00309. The molecule has 5 heteroatoms. The minimum atomic E-state index is -0.644. The molecule has 0 radical (unpaired) electrons. The van der Waals surface area contributed by atoms with Crippen molar-refractivity contribution in [2.75, 3.05) is 25.1 Å². The van der Waals surface area contributed by atoms with Gasteiger partial charge in [-0.05, 0) is 18.6 Å². The first-order chi connectivity index (χ1) is 16.3. The molecule has 190 valence electrons. The minimum Gasteiger partial charge on any atom is -0.441 e. The number of ether oxygens (including phenoxy) is 2. The first-order valence-electron chi connectivity index (χ1n) is 13.5. The van der Waals surface area contributed by atoms with E-state index in [1.165, 1.54) is 89.9 Å². The van der Waals surface area contributed by atoms with Gasteiger partial charge in [-0.15, -0.1) is 0 Å². The van der Waals surface area contributed by atoms with Crippen LogP contribution in [0.15, 0.2) is 30.3 Å². The molecule has 0 heterocycles. The van der Waals surface area contributed by atoms with Gasteiger partial charge in [0, 0.05) is 12.3 Å². The van der Waals surface area contributed by atoms with E-state index in [1.807, 2.05) is 18.2 Å². The van der Waals surface area contributed by atoms with Gasteiger partial charge in [-0.2, -0.15) is 0 Å². The maximum Gasteiger partial charge on any atom is 0.412 e. The second-order valence-corrected chi connectivity index (χ2v) is 9.08. The molecule has 0 aliphatic rings. The molecular weight excluding hydrogens is 414 g/mol. The number of nitrogens with one attached hydrogen (secondary N) is 1. The number of aliphatic hydroxyl groups is 1. The van der Waals surface area contributed by atoms with Gasteiger partial charge >= 0.3 is 6.09 Å². The van der Waals surface area contributed by atoms with Crippen LogP contribution in [0.5, 0.6) is 0 Å². The molecule has 0 saturated heterocycles. The third-order valence-electron chi connectivity index (χ3n) is 5.94. The minimum absolute atomic E-state index is 0.220. The van der Waals surface area contributed by atoms with Crippen LogP contribution in [0.25, 0.3) is 0 Å². The SMILES string of the molecule is CCCCCCCCCCCCCCCCCCOCC(CO)OC(=O)Nc1ccccc1. The van der Waals surface area contributed by atoms with Crippen molar-refractivity contribution in [3.05, 3.63) is 30.3 Å². The van der Waals surface area contributed by atoms with Crippen LogP contribution >= 0.6 is 0 Å². The Balaban J connectivity index is 1.84. The number of aliphatic hydroxyl groups excluding tert-OH is 1. The van der Waals surface area contributed by atoms with Crippen LogP contribution in [-0.4, -0.2) is 37.1 Å². The lowest BCUT2D eigenvalue weighted by Crippen LogP contribution is -2.29. The first kappa shape index (κ1) is 29.4. The summed E-state index contributed by atoms with van der Waals surface area (Å²) in [6.45, 7) is 2.88. The fourth-order valence-electron chi connectivity index (χ4n) is 3.91. The van der Waals surface area contributed by atoms with Crippen molar-refractivity contribution in [1.82, 2.24) is 0 Å². The van der Waals surface area contributed by atoms with E-state index in [0.717, 1.165) is 12.8 Å². The predicted octanol–water partition coefficient (Wildman–Crippen LogP) is 7.87. The highest BCUT2D eigenvalue weighted by molar-refractivity contribution is 5.84. The molecule has 0 fully saturated rings. The Morgan fingerprint density at radius 2 is 1.27 bits per heavy atom. The molecule has 0 spiro atoms.